The van der Waals surface area contributed by atoms with Gasteiger partial charge in [-0.25, -0.2) is 0 Å². The van der Waals surface area contributed by atoms with Gasteiger partial charge in [-0.3, -0.25) is 4.99 Å². The summed E-state index contributed by atoms with van der Waals surface area (Å²) in [7, 11) is 0. The number of aliphatic imine (C=N–C) groups is 1. The van der Waals surface area contributed by atoms with Crippen molar-refractivity contribution in [1.29, 1.82) is 0 Å². The fraction of sp³-hybridized carbons (Fsp3) is 0.562. The number of ether oxygens (including phenoxy) is 2. The molecule has 100 valence electrons. The molecule has 4 rings (SSSR count). The van der Waals surface area contributed by atoms with E-state index < -0.39 is 0 Å². The van der Waals surface area contributed by atoms with E-state index in [1.54, 1.807) is 0 Å². The second-order valence-corrected chi connectivity index (χ2v) is 6.12. The molecule has 1 saturated heterocycles. The van der Waals surface area contributed by atoms with E-state index in [9.17, 15) is 0 Å². The fourth-order valence-electron chi connectivity index (χ4n) is 3.20. The van der Waals surface area contributed by atoms with Crippen LogP contribution in [0.3, 0.4) is 0 Å². The van der Waals surface area contributed by atoms with Crippen LogP contribution in [-0.2, 0) is 9.47 Å². The molecule has 0 bridgehead atoms. The molecule has 2 fully saturated rings. The maximum atomic E-state index is 6.17. The van der Waals surface area contributed by atoms with Crippen LogP contribution in [0.2, 0.25) is 0 Å². The summed E-state index contributed by atoms with van der Waals surface area (Å²) < 4.78 is 11.6. The summed E-state index contributed by atoms with van der Waals surface area (Å²) in [5.41, 5.74) is 3.79. The van der Waals surface area contributed by atoms with Crippen molar-refractivity contribution in [3.63, 3.8) is 0 Å². The van der Waals surface area contributed by atoms with Crippen LogP contribution in [0, 0.1) is 0 Å². The molecular formula is C16H19NO2. The van der Waals surface area contributed by atoms with Crippen molar-refractivity contribution in [2.24, 2.45) is 4.99 Å². The third kappa shape index (κ3) is 2.01. The minimum Gasteiger partial charge on any atom is -0.374 e. The van der Waals surface area contributed by atoms with Gasteiger partial charge in [0, 0.05) is 5.71 Å². The largest absolute Gasteiger partial charge is 0.374 e. The summed E-state index contributed by atoms with van der Waals surface area (Å²) in [6.07, 6.45) is 3.71. The molecule has 1 saturated carbocycles. The Bertz CT molecular complexity index is 533. The number of nitrogens with zero attached hydrogens (tertiary/aromatic N) is 1. The predicted octanol–water partition coefficient (Wildman–Crippen LogP) is 3.21. The van der Waals surface area contributed by atoms with Crippen molar-refractivity contribution in [3.05, 3.63) is 29.8 Å². The first-order valence-electron chi connectivity index (χ1n) is 7.17. The number of fused-ring (bicyclic) bond motifs is 3. The summed E-state index contributed by atoms with van der Waals surface area (Å²) >= 11 is 0. The molecule has 3 atom stereocenters. The quantitative estimate of drug-likeness (QED) is 0.779. The van der Waals surface area contributed by atoms with Gasteiger partial charge < -0.3 is 9.47 Å². The van der Waals surface area contributed by atoms with Crippen LogP contribution < -0.4 is 0 Å². The highest BCUT2D eigenvalue weighted by molar-refractivity contribution is 5.99. The molecule has 19 heavy (non-hydrogen) atoms. The highest BCUT2D eigenvalue weighted by atomic mass is 16.6. The van der Waals surface area contributed by atoms with Crippen molar-refractivity contribution in [3.8, 4) is 0 Å². The van der Waals surface area contributed by atoms with Gasteiger partial charge in [-0.15, -0.1) is 0 Å². The molecule has 1 aliphatic carbocycles. The van der Waals surface area contributed by atoms with Crippen molar-refractivity contribution < 1.29 is 9.47 Å². The number of hydrogen-bond acceptors (Lipinski definition) is 3. The summed E-state index contributed by atoms with van der Waals surface area (Å²) in [5, 5.41) is 0. The molecule has 2 unspecified atom stereocenters. The summed E-state index contributed by atoms with van der Waals surface area (Å²) in [5.74, 6) is 0.382. The molecule has 3 aliphatic rings. The van der Waals surface area contributed by atoms with E-state index in [0.717, 1.165) is 25.1 Å². The topological polar surface area (TPSA) is 34.1 Å². The Kier molecular flexibility index (Phi) is 2.54. The number of epoxide rings is 1. The Labute approximate surface area is 113 Å². The number of rotatable bonds is 3. The molecule has 3 heteroatoms. The molecular weight excluding hydrogens is 238 g/mol. The Morgan fingerprint density at radius 2 is 2.26 bits per heavy atom. The highest BCUT2D eigenvalue weighted by Crippen LogP contribution is 2.44. The van der Waals surface area contributed by atoms with Gasteiger partial charge in [0.1, 0.15) is 5.60 Å². The molecule has 1 aromatic rings. The molecule has 0 radical (unpaired) electrons. The molecule has 3 nitrogen and oxygen atoms in total. The lowest BCUT2D eigenvalue weighted by Crippen LogP contribution is -2.33. The smallest absolute Gasteiger partial charge is 0.112 e. The summed E-state index contributed by atoms with van der Waals surface area (Å²) in [6, 6.07) is 8.49. The third-order valence-corrected chi connectivity index (χ3v) is 4.43. The zero-order chi connectivity index (χ0) is 12.9. The molecule has 0 amide bonds. The molecule has 2 aliphatic heterocycles. The van der Waals surface area contributed by atoms with Crippen LogP contribution in [0.1, 0.15) is 37.7 Å². The SMILES string of the molecule is C[C@]1(COC2CCCC3=Nc4ccccc4C32)CO1. The average molecular weight is 257 g/mol. The third-order valence-electron chi connectivity index (χ3n) is 4.43. The van der Waals surface area contributed by atoms with Crippen molar-refractivity contribution in [2.75, 3.05) is 13.2 Å². The fourth-order valence-corrected chi connectivity index (χ4v) is 3.20. The van der Waals surface area contributed by atoms with E-state index in [1.165, 1.54) is 17.7 Å². The predicted molar refractivity (Wildman–Crippen MR) is 74.2 cm³/mol. The maximum absolute atomic E-state index is 6.17. The number of hydrogen-bond donors (Lipinski definition) is 0. The van der Waals surface area contributed by atoms with E-state index in [-0.39, 0.29) is 11.7 Å². The second-order valence-electron chi connectivity index (χ2n) is 6.12. The van der Waals surface area contributed by atoms with E-state index in [4.69, 9.17) is 14.5 Å². The molecule has 0 aromatic heterocycles. The first kappa shape index (κ1) is 11.6. The lowest BCUT2D eigenvalue weighted by molar-refractivity contribution is 0.00822. The lowest BCUT2D eigenvalue weighted by Gasteiger charge is -2.30. The Morgan fingerprint density at radius 3 is 3.11 bits per heavy atom. The number of benzene rings is 1. The minimum absolute atomic E-state index is 0.0210. The van der Waals surface area contributed by atoms with Gasteiger partial charge in [0.25, 0.3) is 0 Å². The van der Waals surface area contributed by atoms with E-state index in [0.29, 0.717) is 12.5 Å². The van der Waals surface area contributed by atoms with Gasteiger partial charge in [0.05, 0.1) is 30.9 Å². The van der Waals surface area contributed by atoms with Crippen LogP contribution >= 0.6 is 0 Å². The van der Waals surface area contributed by atoms with Crippen molar-refractivity contribution in [2.45, 2.75) is 43.8 Å². The first-order valence-corrected chi connectivity index (χ1v) is 7.17. The molecule has 0 spiro atoms. The molecule has 1 aromatic carbocycles. The van der Waals surface area contributed by atoms with Gasteiger partial charge in [-0.1, -0.05) is 18.2 Å². The zero-order valence-electron chi connectivity index (χ0n) is 11.3. The highest BCUT2D eigenvalue weighted by Gasteiger charge is 2.43. The summed E-state index contributed by atoms with van der Waals surface area (Å²) in [4.78, 5) is 4.79. The van der Waals surface area contributed by atoms with Gasteiger partial charge in [-0.05, 0) is 37.8 Å². The minimum atomic E-state index is -0.0210. The van der Waals surface area contributed by atoms with Gasteiger partial charge in [0.2, 0.25) is 0 Å². The maximum Gasteiger partial charge on any atom is 0.112 e. The zero-order valence-corrected chi connectivity index (χ0v) is 11.3. The van der Waals surface area contributed by atoms with Gasteiger partial charge in [-0.2, -0.15) is 0 Å². The first-order chi connectivity index (χ1) is 9.25. The Balaban J connectivity index is 1.57. The van der Waals surface area contributed by atoms with Crippen LogP contribution in [0.4, 0.5) is 5.69 Å². The monoisotopic (exact) mass is 257 g/mol. The molecule has 2 heterocycles. The van der Waals surface area contributed by atoms with Crippen molar-refractivity contribution >= 4 is 11.4 Å². The lowest BCUT2D eigenvalue weighted by atomic mass is 9.81. The van der Waals surface area contributed by atoms with Crippen LogP contribution in [0.15, 0.2) is 29.3 Å². The number of para-hydroxylation sites is 1. The van der Waals surface area contributed by atoms with E-state index >= 15 is 0 Å². The van der Waals surface area contributed by atoms with Crippen molar-refractivity contribution in [1.82, 2.24) is 0 Å². The van der Waals surface area contributed by atoms with E-state index in [2.05, 4.69) is 31.2 Å². The Morgan fingerprint density at radius 1 is 1.42 bits per heavy atom. The van der Waals surface area contributed by atoms with Gasteiger partial charge in [0.15, 0.2) is 0 Å². The van der Waals surface area contributed by atoms with Crippen LogP contribution in [-0.4, -0.2) is 30.6 Å². The van der Waals surface area contributed by atoms with Crippen LogP contribution in [0.5, 0.6) is 0 Å². The normalized spacial score (nSPS) is 35.5. The average Bonchev–Trinajstić information content (AvgIpc) is 3.04. The second kappa shape index (κ2) is 4.15. The van der Waals surface area contributed by atoms with Gasteiger partial charge >= 0.3 is 0 Å². The van der Waals surface area contributed by atoms with Crippen LogP contribution in [0.25, 0.3) is 0 Å². The summed E-state index contributed by atoms with van der Waals surface area (Å²) in [6.45, 7) is 3.67. The Hall–Kier alpha value is -1.19. The van der Waals surface area contributed by atoms with E-state index in [1.807, 2.05) is 0 Å². The standard InChI is InChI=1S/C16H19NO2/c1-16(10-19-16)9-18-14-8-4-7-13-15(14)11-5-2-3-6-12(11)17-13/h2-3,5-6,14-15H,4,7-10H2,1H3/t14?,15?,16-/m0/s1. The molecule has 0 N–H and O–H groups in total.